The number of amides is 1. The summed E-state index contributed by atoms with van der Waals surface area (Å²) in [5.41, 5.74) is 0.826. The van der Waals surface area contributed by atoms with Crippen molar-refractivity contribution in [2.45, 2.75) is 71.6 Å². The first kappa shape index (κ1) is 31.8. The van der Waals surface area contributed by atoms with E-state index in [1.807, 2.05) is 13.8 Å². The van der Waals surface area contributed by atoms with E-state index in [9.17, 15) is 18.8 Å². The molecule has 2 aromatic rings. The highest BCUT2D eigenvalue weighted by Crippen LogP contribution is 2.31. The van der Waals surface area contributed by atoms with Crippen LogP contribution in [0.5, 0.6) is 11.5 Å². The number of aromatic nitrogens is 1. The van der Waals surface area contributed by atoms with Gasteiger partial charge in [-0.2, -0.15) is 0 Å². The minimum Gasteiger partial charge on any atom is -0.493 e. The molecular weight excluding hydrogens is 535 g/mol. The maximum Gasteiger partial charge on any atom is 0.329 e. The fourth-order valence-electron chi connectivity index (χ4n) is 4.72. The Kier molecular flexibility index (Phi) is 11.9. The van der Waals surface area contributed by atoms with Crippen LogP contribution in [-0.2, 0) is 30.2 Å². The Balaban J connectivity index is 1.79. The zero-order valence-corrected chi connectivity index (χ0v) is 24.2. The van der Waals surface area contributed by atoms with Crippen LogP contribution in [0.3, 0.4) is 0 Å². The van der Waals surface area contributed by atoms with E-state index in [-0.39, 0.29) is 40.9 Å². The average molecular weight is 575 g/mol. The van der Waals surface area contributed by atoms with Gasteiger partial charge < -0.3 is 29.0 Å². The molecule has 3 rings (SSSR count). The number of halogens is 1. The van der Waals surface area contributed by atoms with Crippen LogP contribution in [0.2, 0.25) is 0 Å². The lowest BCUT2D eigenvalue weighted by Gasteiger charge is -2.32. The quantitative estimate of drug-likeness (QED) is 0.310. The number of nitrogens with zero attached hydrogens (tertiary/aromatic N) is 1. The van der Waals surface area contributed by atoms with Gasteiger partial charge in [-0.1, -0.05) is 32.4 Å². The highest BCUT2D eigenvalue weighted by atomic mass is 19.1. The maximum atomic E-state index is 13.5. The van der Waals surface area contributed by atoms with Gasteiger partial charge in [-0.15, -0.1) is 0 Å². The van der Waals surface area contributed by atoms with Gasteiger partial charge in [0.1, 0.15) is 18.0 Å². The van der Waals surface area contributed by atoms with E-state index in [1.165, 1.54) is 38.4 Å². The van der Waals surface area contributed by atoms with Crippen molar-refractivity contribution in [2.75, 3.05) is 20.5 Å². The largest absolute Gasteiger partial charge is 0.493 e. The second-order valence-electron chi connectivity index (χ2n) is 10.5. The normalized spacial score (nSPS) is 21.2. The minimum absolute atomic E-state index is 0.00204. The van der Waals surface area contributed by atoms with Crippen LogP contribution in [0.15, 0.2) is 36.5 Å². The number of hydrogen-bond donors (Lipinski definition) is 1. The highest BCUT2D eigenvalue weighted by Gasteiger charge is 2.35. The fourth-order valence-corrected chi connectivity index (χ4v) is 4.72. The van der Waals surface area contributed by atoms with E-state index >= 15 is 0 Å². The molecule has 0 spiro atoms. The fraction of sp³-hybridized carbons (Fsp3) is 0.533. The number of carbonyl (C=O) groups is 3. The summed E-state index contributed by atoms with van der Waals surface area (Å²) in [6.45, 7) is 7.14. The maximum absolute atomic E-state index is 13.5. The molecule has 1 fully saturated rings. The molecule has 2 heterocycles. The molecule has 224 valence electrons. The van der Waals surface area contributed by atoms with Gasteiger partial charge in [-0.3, -0.25) is 9.59 Å². The average Bonchev–Trinajstić information content (AvgIpc) is 2.97. The third-order valence-electron chi connectivity index (χ3n) is 6.69. The van der Waals surface area contributed by atoms with Crippen LogP contribution < -0.4 is 14.8 Å². The number of ether oxygens (including phenoxy) is 5. The van der Waals surface area contributed by atoms with Crippen molar-refractivity contribution in [3.05, 3.63) is 53.6 Å². The summed E-state index contributed by atoms with van der Waals surface area (Å²) in [5.74, 6) is -1.68. The highest BCUT2D eigenvalue weighted by molar-refractivity contribution is 5.98. The van der Waals surface area contributed by atoms with Crippen LogP contribution in [0.4, 0.5) is 4.39 Å². The summed E-state index contributed by atoms with van der Waals surface area (Å²) < 4.78 is 41.2. The van der Waals surface area contributed by atoms with Gasteiger partial charge in [0.25, 0.3) is 5.91 Å². The van der Waals surface area contributed by atoms with Crippen molar-refractivity contribution in [1.29, 1.82) is 0 Å². The monoisotopic (exact) mass is 574 g/mol. The number of carbonyl (C=O) groups excluding carboxylic acids is 3. The summed E-state index contributed by atoms with van der Waals surface area (Å²) in [7, 11) is 1.40. The van der Waals surface area contributed by atoms with Gasteiger partial charge >= 0.3 is 11.9 Å². The van der Waals surface area contributed by atoms with Crippen molar-refractivity contribution in [3.8, 4) is 11.5 Å². The Labute approximate surface area is 239 Å². The van der Waals surface area contributed by atoms with Gasteiger partial charge in [-0.05, 0) is 55.7 Å². The molecule has 1 aliphatic heterocycles. The van der Waals surface area contributed by atoms with Gasteiger partial charge in [0, 0.05) is 25.8 Å². The molecule has 1 aromatic carbocycles. The molecule has 1 aromatic heterocycles. The van der Waals surface area contributed by atoms with Crippen LogP contribution in [0.1, 0.15) is 63.0 Å². The molecule has 4 unspecified atom stereocenters. The van der Waals surface area contributed by atoms with Crippen molar-refractivity contribution >= 4 is 17.8 Å². The van der Waals surface area contributed by atoms with Gasteiger partial charge in [0.05, 0.1) is 13.2 Å². The topological polar surface area (TPSA) is 122 Å². The molecule has 41 heavy (non-hydrogen) atoms. The molecule has 0 aliphatic carbocycles. The molecule has 4 atom stereocenters. The van der Waals surface area contributed by atoms with E-state index in [0.717, 1.165) is 5.56 Å². The number of hydrogen-bond acceptors (Lipinski definition) is 9. The van der Waals surface area contributed by atoms with Crippen LogP contribution >= 0.6 is 0 Å². The molecule has 1 aliphatic rings. The number of rotatable bonds is 11. The Bertz CT molecular complexity index is 1170. The van der Waals surface area contributed by atoms with Gasteiger partial charge in [-0.25, -0.2) is 14.2 Å². The third-order valence-corrected chi connectivity index (χ3v) is 6.69. The first-order valence-corrected chi connectivity index (χ1v) is 13.8. The first-order chi connectivity index (χ1) is 19.6. The van der Waals surface area contributed by atoms with Crippen molar-refractivity contribution in [3.63, 3.8) is 0 Å². The summed E-state index contributed by atoms with van der Waals surface area (Å²) in [6, 6.07) is 6.91. The predicted octanol–water partition coefficient (Wildman–Crippen LogP) is 4.24. The Hall–Kier alpha value is -3.73. The van der Waals surface area contributed by atoms with E-state index < -0.39 is 36.8 Å². The summed E-state index contributed by atoms with van der Waals surface area (Å²) in [5, 5.41) is 2.73. The molecule has 0 saturated carbocycles. The lowest BCUT2D eigenvalue weighted by molar-refractivity contribution is -0.161. The number of cyclic esters (lactones) is 1. The van der Waals surface area contributed by atoms with E-state index in [0.29, 0.717) is 32.3 Å². The number of esters is 2. The van der Waals surface area contributed by atoms with E-state index in [2.05, 4.69) is 10.3 Å². The Morgan fingerprint density at radius 1 is 1.17 bits per heavy atom. The standard InChI is InChI=1S/C30H39FN2O8/c1-18(2)16-38-27-19(3)41-30(36)24(8-6-7-22(27)15-21-9-11-23(31)12-10-21)33-29(35)26-28(40-17-39-20(4)34)25(37-5)13-14-32-26/h9-14,18-19,22,24,27H,6-8,15-17H2,1-5H3,(H,33,35). The zero-order chi connectivity index (χ0) is 29.9. The molecular formula is C30H39FN2O8. The third kappa shape index (κ3) is 9.41. The van der Waals surface area contributed by atoms with Crippen LogP contribution in [0, 0.1) is 17.7 Å². The second-order valence-corrected chi connectivity index (χ2v) is 10.5. The number of pyridine rings is 1. The van der Waals surface area contributed by atoms with Crippen LogP contribution in [-0.4, -0.2) is 61.6 Å². The predicted molar refractivity (Wildman–Crippen MR) is 147 cm³/mol. The molecule has 0 bridgehead atoms. The molecule has 10 nitrogen and oxygen atoms in total. The number of benzene rings is 1. The molecule has 0 radical (unpaired) electrons. The van der Waals surface area contributed by atoms with E-state index in [1.54, 1.807) is 19.1 Å². The first-order valence-electron chi connectivity index (χ1n) is 13.8. The summed E-state index contributed by atoms with van der Waals surface area (Å²) in [4.78, 5) is 41.8. The van der Waals surface area contributed by atoms with Crippen LogP contribution in [0.25, 0.3) is 0 Å². The second kappa shape index (κ2) is 15.3. The van der Waals surface area contributed by atoms with Gasteiger partial charge in [0.2, 0.25) is 6.79 Å². The molecule has 11 heteroatoms. The Morgan fingerprint density at radius 3 is 2.56 bits per heavy atom. The van der Waals surface area contributed by atoms with Gasteiger partial charge in [0.15, 0.2) is 17.2 Å². The van der Waals surface area contributed by atoms with Crippen molar-refractivity contribution in [1.82, 2.24) is 10.3 Å². The van der Waals surface area contributed by atoms with E-state index in [4.69, 9.17) is 23.7 Å². The molecule has 1 amide bonds. The molecule has 1 N–H and O–H groups in total. The SMILES string of the molecule is COc1ccnc(C(=O)NC2CCCC(Cc3ccc(F)cc3)C(OCC(C)C)C(C)OC2=O)c1OCOC(C)=O. The lowest BCUT2D eigenvalue weighted by atomic mass is 9.86. The number of methoxy groups -OCH3 is 1. The lowest BCUT2D eigenvalue weighted by Crippen LogP contribution is -2.45. The Morgan fingerprint density at radius 2 is 1.90 bits per heavy atom. The smallest absolute Gasteiger partial charge is 0.329 e. The zero-order valence-electron chi connectivity index (χ0n) is 24.2. The summed E-state index contributed by atoms with van der Waals surface area (Å²) >= 11 is 0. The number of nitrogens with one attached hydrogen (secondary N) is 1. The van der Waals surface area contributed by atoms with Crippen molar-refractivity contribution < 1.29 is 42.5 Å². The van der Waals surface area contributed by atoms with Crippen molar-refractivity contribution in [2.24, 2.45) is 11.8 Å². The molecule has 1 saturated heterocycles. The summed E-state index contributed by atoms with van der Waals surface area (Å²) in [6.07, 6.45) is 2.63. The minimum atomic E-state index is -0.949.